The number of imide groups is 2. The standard InChI is InChI=1S/C23H40N2O12Si4.C17H18N2O9/c1-16(33-23(28)34-24-21(26)10-11-22(24)27)17-14-19(31-2)20(15-18(17)25(29)30)32-12-9-13-41(35-38(3)4,36-39(5)6)37-40(7)8;1-4-7-26-14-9-12(19(23)24)11(8-13(14)25-3)10(2)27-17(22)28-18-15(20)5-6-16(18)21/h14-16,38-40H,9-13H2,1-8H3;4,8-10H,1,5-7H2,2-3H3. The Bertz CT molecular complexity index is 2170. The van der Waals surface area contributed by atoms with Gasteiger partial charge in [0.15, 0.2) is 50.1 Å². The van der Waals surface area contributed by atoms with Gasteiger partial charge in [0.05, 0.1) is 53.9 Å². The Morgan fingerprint density at radius 2 is 1.03 bits per heavy atom. The van der Waals surface area contributed by atoms with E-state index < -0.39 is 93.9 Å². The molecule has 0 N–H and O–H groups in total. The quantitative estimate of drug-likeness (QED) is 0.0220. The molecule has 2 heterocycles. The van der Waals surface area contributed by atoms with E-state index in [9.17, 15) is 49.0 Å². The average Bonchev–Trinajstić information content (AvgIpc) is 3.75. The molecule has 0 aromatic heterocycles. The number of nitro benzene ring substituents is 2. The van der Waals surface area contributed by atoms with Gasteiger partial charge >= 0.3 is 21.1 Å². The predicted octanol–water partition coefficient (Wildman–Crippen LogP) is 6.04. The molecule has 0 radical (unpaired) electrons. The molecule has 2 aliphatic rings. The van der Waals surface area contributed by atoms with Crippen molar-refractivity contribution in [1.29, 1.82) is 0 Å². The van der Waals surface area contributed by atoms with Crippen LogP contribution in [0.3, 0.4) is 0 Å². The molecule has 2 aromatic rings. The van der Waals surface area contributed by atoms with E-state index in [1.54, 1.807) is 0 Å². The lowest BCUT2D eigenvalue weighted by Gasteiger charge is -2.35. The van der Waals surface area contributed by atoms with Crippen molar-refractivity contribution in [3.05, 3.63) is 68.3 Å². The molecule has 25 nitrogen and oxygen atoms in total. The third kappa shape index (κ3) is 16.7. The highest BCUT2D eigenvalue weighted by atomic mass is 28.5. The Labute approximate surface area is 403 Å². The number of benzene rings is 2. The maximum absolute atomic E-state index is 12.2. The molecular weight excluding hydrogens is 985 g/mol. The van der Waals surface area contributed by atoms with Gasteiger partial charge in [0.25, 0.3) is 35.0 Å². The van der Waals surface area contributed by atoms with Gasteiger partial charge in [-0.3, -0.25) is 49.1 Å². The number of amides is 4. The van der Waals surface area contributed by atoms with Crippen LogP contribution in [0.25, 0.3) is 0 Å². The zero-order chi connectivity index (χ0) is 51.7. The Kier molecular flexibility index (Phi) is 21.9. The minimum Gasteiger partial charge on any atom is -0.493 e. The Hall–Kier alpha value is -6.25. The van der Waals surface area contributed by atoms with Gasteiger partial charge < -0.3 is 40.8 Å². The highest BCUT2D eigenvalue weighted by molar-refractivity contribution is 6.80. The van der Waals surface area contributed by atoms with Crippen LogP contribution in [-0.2, 0) is 50.7 Å². The molecule has 2 atom stereocenters. The van der Waals surface area contributed by atoms with E-state index in [-0.39, 0.29) is 84.4 Å². The summed E-state index contributed by atoms with van der Waals surface area (Å²) in [6, 6.07) is 5.53. The summed E-state index contributed by atoms with van der Waals surface area (Å²) >= 11 is 0. The Morgan fingerprint density at radius 1 is 0.667 bits per heavy atom. The molecule has 29 heteroatoms. The second-order valence-electron chi connectivity index (χ2n) is 15.7. The summed E-state index contributed by atoms with van der Waals surface area (Å²) in [5.74, 6) is -2.10. The van der Waals surface area contributed by atoms with Crippen LogP contribution in [0, 0.1) is 20.2 Å². The van der Waals surface area contributed by atoms with Gasteiger partial charge in [0.1, 0.15) is 18.8 Å². The number of hydrogen-bond donors (Lipinski definition) is 0. The number of nitrogens with zero attached hydrogens (tertiary/aromatic N) is 4. The van der Waals surface area contributed by atoms with E-state index in [0.29, 0.717) is 22.6 Å². The monoisotopic (exact) mass is 1040 g/mol. The smallest absolute Gasteiger partial charge is 0.493 e. The fourth-order valence-electron chi connectivity index (χ4n) is 6.52. The SMILES string of the molecule is C=CCOc1cc([N+](=O)[O-])c(C(C)OC(=O)ON2C(=O)CCC2=O)cc1OC.COc1cc(C(C)OC(=O)ON2C(=O)CCC2=O)c([N+](=O)[O-])cc1OCCC[Si](O[SiH](C)C)(O[SiH](C)C)O[SiH](C)C. The summed E-state index contributed by atoms with van der Waals surface area (Å²) in [4.78, 5) is 102. The topological polar surface area (TPSA) is 297 Å². The number of carbonyl (C=O) groups excluding carboxylic acids is 6. The van der Waals surface area contributed by atoms with Gasteiger partial charge in [-0.25, -0.2) is 9.59 Å². The number of rotatable bonds is 24. The summed E-state index contributed by atoms with van der Waals surface area (Å²) in [5.41, 5.74) is -0.754. The van der Waals surface area contributed by atoms with E-state index in [0.717, 1.165) is 6.07 Å². The van der Waals surface area contributed by atoms with E-state index >= 15 is 0 Å². The lowest BCUT2D eigenvalue weighted by Crippen LogP contribution is -2.53. The van der Waals surface area contributed by atoms with Crippen molar-refractivity contribution in [3.8, 4) is 23.0 Å². The van der Waals surface area contributed by atoms with Gasteiger partial charge in [-0.15, -0.1) is 0 Å². The molecule has 2 aromatic carbocycles. The summed E-state index contributed by atoms with van der Waals surface area (Å²) in [5, 5.41) is 24.0. The number of nitro groups is 2. The van der Waals surface area contributed by atoms with Crippen LogP contribution >= 0.6 is 0 Å². The summed E-state index contributed by atoms with van der Waals surface area (Å²) in [6.07, 6.45) is -3.35. The molecule has 0 saturated carbocycles. The zero-order valence-electron chi connectivity index (χ0n) is 40.0. The van der Waals surface area contributed by atoms with Gasteiger partial charge in [0, 0.05) is 31.7 Å². The molecular formula is C40H58N4O21Si4. The molecule has 2 fully saturated rings. The molecule has 2 aliphatic heterocycles. The van der Waals surface area contributed by atoms with Gasteiger partial charge in [-0.2, -0.15) is 0 Å². The van der Waals surface area contributed by atoms with Crippen LogP contribution in [0.1, 0.15) is 69.3 Å². The zero-order valence-corrected chi connectivity index (χ0v) is 44.5. The van der Waals surface area contributed by atoms with Crippen LogP contribution in [-0.4, -0.2) is 119 Å². The number of hydroxylamine groups is 4. The van der Waals surface area contributed by atoms with Crippen molar-refractivity contribution < 1.29 is 89.1 Å². The first kappa shape index (κ1) is 57.1. The number of methoxy groups -OCH3 is 2. The fraction of sp³-hybridized carbons (Fsp3) is 0.500. The van der Waals surface area contributed by atoms with Gasteiger partial charge in [0.2, 0.25) is 0 Å². The highest BCUT2D eigenvalue weighted by Gasteiger charge is 2.43. The molecule has 4 amide bonds. The minimum absolute atomic E-state index is 0.00234. The third-order valence-corrected chi connectivity index (χ3v) is 20.2. The van der Waals surface area contributed by atoms with Crippen molar-refractivity contribution in [2.24, 2.45) is 0 Å². The van der Waals surface area contributed by atoms with Crippen LogP contribution in [0.5, 0.6) is 23.0 Å². The second-order valence-corrected chi connectivity index (χ2v) is 26.7. The minimum atomic E-state index is -2.88. The van der Waals surface area contributed by atoms with E-state index in [2.05, 4.69) is 50.7 Å². The first-order valence-corrected chi connectivity index (χ1v) is 31.8. The Balaban J connectivity index is 0.000000392. The number of hydrogen-bond acceptors (Lipinski definition) is 21. The first-order chi connectivity index (χ1) is 32.5. The molecule has 380 valence electrons. The molecule has 0 spiro atoms. The molecule has 2 unspecified atom stereocenters. The molecule has 0 bridgehead atoms. The van der Waals surface area contributed by atoms with Crippen molar-refractivity contribution in [1.82, 2.24) is 10.1 Å². The second kappa shape index (κ2) is 26.5. The van der Waals surface area contributed by atoms with Gasteiger partial charge in [-0.05, 0) is 71.7 Å². The highest BCUT2D eigenvalue weighted by Crippen LogP contribution is 2.40. The van der Waals surface area contributed by atoms with Crippen LogP contribution < -0.4 is 18.9 Å². The number of ether oxygens (including phenoxy) is 6. The van der Waals surface area contributed by atoms with Crippen LogP contribution in [0.15, 0.2) is 36.9 Å². The van der Waals surface area contributed by atoms with Crippen molar-refractivity contribution in [2.75, 3.05) is 27.4 Å². The van der Waals surface area contributed by atoms with Crippen LogP contribution in [0.4, 0.5) is 21.0 Å². The van der Waals surface area contributed by atoms with E-state index in [1.807, 2.05) is 0 Å². The maximum Gasteiger partial charge on any atom is 0.534 e. The fourth-order valence-corrected chi connectivity index (χ4v) is 19.3. The largest absolute Gasteiger partial charge is 0.534 e. The lowest BCUT2D eigenvalue weighted by atomic mass is 10.1. The Morgan fingerprint density at radius 3 is 1.35 bits per heavy atom. The maximum atomic E-state index is 12.2. The van der Waals surface area contributed by atoms with Gasteiger partial charge in [-0.1, -0.05) is 22.8 Å². The third-order valence-electron chi connectivity index (χ3n) is 9.27. The predicted molar refractivity (Wildman–Crippen MR) is 250 cm³/mol. The van der Waals surface area contributed by atoms with Crippen molar-refractivity contribution >= 4 is 83.2 Å². The average molecular weight is 1040 g/mol. The normalized spacial score (nSPS) is 14.6. The van der Waals surface area contributed by atoms with Crippen LogP contribution in [0.2, 0.25) is 45.3 Å². The number of carbonyl (C=O) groups is 6. The first-order valence-electron chi connectivity index (χ1n) is 21.6. The van der Waals surface area contributed by atoms with E-state index in [1.165, 1.54) is 52.3 Å². The molecule has 69 heavy (non-hydrogen) atoms. The summed E-state index contributed by atoms with van der Waals surface area (Å²) in [7, 11) is -4.53. The van der Waals surface area contributed by atoms with Crippen molar-refractivity contribution in [2.45, 2.75) is 103 Å². The molecule has 4 rings (SSSR count). The molecule has 2 saturated heterocycles. The summed E-state index contributed by atoms with van der Waals surface area (Å²) < 4.78 is 51.0. The van der Waals surface area contributed by atoms with E-state index in [4.69, 9.17) is 45.6 Å². The molecule has 0 aliphatic carbocycles. The van der Waals surface area contributed by atoms with Crippen molar-refractivity contribution in [3.63, 3.8) is 0 Å². The summed E-state index contributed by atoms with van der Waals surface area (Å²) in [6.45, 7) is 19.0. The lowest BCUT2D eigenvalue weighted by molar-refractivity contribution is -0.386.